The van der Waals surface area contributed by atoms with E-state index >= 15 is 0 Å². The van der Waals surface area contributed by atoms with Crippen molar-refractivity contribution in [2.75, 3.05) is 9.80 Å². The van der Waals surface area contributed by atoms with E-state index in [1.807, 2.05) is 36.4 Å². The van der Waals surface area contributed by atoms with Crippen LogP contribution in [0, 0.1) is 0 Å². The lowest BCUT2D eigenvalue weighted by Gasteiger charge is -2.39. The van der Waals surface area contributed by atoms with Gasteiger partial charge in [0.15, 0.2) is 17.5 Å². The molecule has 0 saturated carbocycles. The highest BCUT2D eigenvalue weighted by Gasteiger charge is 2.32. The van der Waals surface area contributed by atoms with Crippen LogP contribution in [0.4, 0.5) is 34.3 Å². The number of para-hydroxylation sites is 7. The first-order chi connectivity index (χ1) is 38.7. The van der Waals surface area contributed by atoms with Gasteiger partial charge in [0.05, 0.1) is 50.5 Å². The summed E-state index contributed by atoms with van der Waals surface area (Å²) in [6, 6.07) is 94.3. The van der Waals surface area contributed by atoms with Crippen molar-refractivity contribution in [3.8, 4) is 45.7 Å². The van der Waals surface area contributed by atoms with Gasteiger partial charge in [-0.05, 0) is 83.6 Å². The highest BCUT2D eigenvalue weighted by atomic mass is 15.3. The molecule has 1 aliphatic heterocycles. The highest BCUT2D eigenvalue weighted by molar-refractivity contribution is 6.30. The SMILES string of the molecule is c1ccc(-c2nc(-c3ccccc3)nc(-c3c4ccccc4c(-n4c5ccccc5c5c6c7ccccc7n(-c7cccc(N8c9ccccc9N(c9ccccc9)c9ccccc98)n7)c6ccc54)c4ccccc34)n2)cc1. The van der Waals surface area contributed by atoms with Crippen molar-refractivity contribution < 1.29 is 0 Å². The summed E-state index contributed by atoms with van der Waals surface area (Å²) in [5, 5.41) is 8.97. The Labute approximate surface area is 448 Å². The Kier molecular flexibility index (Phi) is 9.77. The Bertz CT molecular complexity index is 4710. The lowest BCUT2D eigenvalue weighted by Crippen LogP contribution is -2.24. The molecule has 8 nitrogen and oxygen atoms in total. The Hall–Kier alpha value is -10.7. The number of pyridine rings is 1. The van der Waals surface area contributed by atoms with Crippen LogP contribution in [0.15, 0.2) is 267 Å². The molecule has 0 radical (unpaired) electrons. The van der Waals surface area contributed by atoms with E-state index in [0.717, 1.165) is 111 Å². The van der Waals surface area contributed by atoms with Crippen LogP contribution in [0.1, 0.15) is 0 Å². The van der Waals surface area contributed by atoms with Gasteiger partial charge in [0.1, 0.15) is 11.6 Å². The van der Waals surface area contributed by atoms with Crippen LogP contribution in [0.25, 0.3) is 111 Å². The molecule has 8 heteroatoms. The van der Waals surface area contributed by atoms with E-state index in [1.54, 1.807) is 0 Å². The lowest BCUT2D eigenvalue weighted by molar-refractivity contribution is 1.05. The summed E-state index contributed by atoms with van der Waals surface area (Å²) in [6.07, 6.45) is 0. The topological polar surface area (TPSA) is 67.9 Å². The van der Waals surface area contributed by atoms with Crippen molar-refractivity contribution in [2.45, 2.75) is 0 Å². The zero-order valence-corrected chi connectivity index (χ0v) is 42.0. The Morgan fingerprint density at radius 2 is 0.641 bits per heavy atom. The molecule has 0 spiro atoms. The third-order valence-electron chi connectivity index (χ3n) is 15.4. The average molecular weight is 997 g/mol. The minimum atomic E-state index is 0.624. The first-order valence-electron chi connectivity index (χ1n) is 26.3. The molecule has 4 aromatic heterocycles. The zero-order chi connectivity index (χ0) is 51.3. The van der Waals surface area contributed by atoms with Gasteiger partial charge in [-0.2, -0.15) is 0 Å². The summed E-state index contributed by atoms with van der Waals surface area (Å²) < 4.78 is 4.84. The summed E-state index contributed by atoms with van der Waals surface area (Å²) in [5.74, 6) is 3.54. The monoisotopic (exact) mass is 996 g/mol. The van der Waals surface area contributed by atoms with Crippen molar-refractivity contribution in [2.24, 2.45) is 0 Å². The predicted molar refractivity (Wildman–Crippen MR) is 321 cm³/mol. The number of rotatable bonds is 7. The standard InChI is InChI=1S/C70H44N8/c1-4-23-45(24-5-1)68-72-69(46-25-6-2-7-26-46)74-70(73-68)64-48-29-10-12-31-50(48)67(51-32-13-11-30-49(51)64)78-55-36-17-15-34-53(55)66-61(78)44-43-60-65(66)52-33-14-16-35-54(52)76(60)62-41-22-42-63(71-62)77-58-39-20-18-37-56(58)75(47-27-8-3-9-28-47)57-38-19-21-40-59(57)77/h1-44H. The number of benzene rings is 11. The molecule has 0 atom stereocenters. The number of aromatic nitrogens is 6. The number of hydrogen-bond donors (Lipinski definition) is 0. The number of hydrogen-bond acceptors (Lipinski definition) is 6. The third kappa shape index (κ3) is 6.60. The van der Waals surface area contributed by atoms with Crippen LogP contribution in [-0.2, 0) is 0 Å². The first kappa shape index (κ1) is 43.7. The van der Waals surface area contributed by atoms with Gasteiger partial charge in [-0.15, -0.1) is 0 Å². The maximum atomic E-state index is 5.63. The maximum Gasteiger partial charge on any atom is 0.165 e. The molecule has 78 heavy (non-hydrogen) atoms. The van der Waals surface area contributed by atoms with E-state index in [4.69, 9.17) is 19.9 Å². The largest absolute Gasteiger partial charge is 0.308 e. The quantitative estimate of drug-likeness (QED) is 0.148. The van der Waals surface area contributed by atoms with Crippen molar-refractivity contribution >= 4 is 99.4 Å². The third-order valence-corrected chi connectivity index (χ3v) is 15.4. The van der Waals surface area contributed by atoms with E-state index < -0.39 is 0 Å². The molecule has 11 aromatic carbocycles. The maximum absolute atomic E-state index is 5.63. The number of anilines is 6. The molecule has 15 aromatic rings. The second-order valence-electron chi connectivity index (χ2n) is 19.7. The van der Waals surface area contributed by atoms with Gasteiger partial charge in [0.2, 0.25) is 0 Å². The fourth-order valence-electron chi connectivity index (χ4n) is 12.2. The van der Waals surface area contributed by atoms with E-state index in [2.05, 4.69) is 249 Å². The van der Waals surface area contributed by atoms with Crippen LogP contribution >= 0.6 is 0 Å². The van der Waals surface area contributed by atoms with Gasteiger partial charge < -0.3 is 9.47 Å². The summed E-state index contributed by atoms with van der Waals surface area (Å²) in [5.41, 5.74) is 13.7. The van der Waals surface area contributed by atoms with Crippen molar-refractivity contribution in [1.82, 2.24) is 29.1 Å². The summed E-state index contributed by atoms with van der Waals surface area (Å²) >= 11 is 0. The molecular formula is C70H44N8. The molecule has 1 aliphatic rings. The van der Waals surface area contributed by atoms with Crippen molar-refractivity contribution in [3.63, 3.8) is 0 Å². The second kappa shape index (κ2) is 17.4. The summed E-state index contributed by atoms with van der Waals surface area (Å²) in [6.45, 7) is 0. The normalized spacial score (nSPS) is 12.3. The van der Waals surface area contributed by atoms with Gasteiger partial charge in [-0.3, -0.25) is 9.47 Å². The van der Waals surface area contributed by atoms with Crippen LogP contribution in [0.5, 0.6) is 0 Å². The minimum Gasteiger partial charge on any atom is -0.308 e. The van der Waals surface area contributed by atoms with Crippen LogP contribution in [0.2, 0.25) is 0 Å². The Balaban J connectivity index is 0.920. The van der Waals surface area contributed by atoms with E-state index in [9.17, 15) is 0 Å². The highest BCUT2D eigenvalue weighted by Crippen LogP contribution is 2.54. The second-order valence-corrected chi connectivity index (χ2v) is 19.7. The molecular weight excluding hydrogens is 953 g/mol. The van der Waals surface area contributed by atoms with Gasteiger partial charge in [-0.1, -0.05) is 194 Å². The molecule has 0 aliphatic carbocycles. The summed E-state index contributed by atoms with van der Waals surface area (Å²) in [4.78, 5) is 26.0. The summed E-state index contributed by atoms with van der Waals surface area (Å²) in [7, 11) is 0. The van der Waals surface area contributed by atoms with Gasteiger partial charge in [-0.25, -0.2) is 19.9 Å². The molecule has 16 rings (SSSR count). The molecule has 5 heterocycles. The van der Waals surface area contributed by atoms with E-state index in [1.165, 1.54) is 16.2 Å². The molecule has 0 amide bonds. The average Bonchev–Trinajstić information content (AvgIpc) is 4.22. The Morgan fingerprint density at radius 3 is 1.18 bits per heavy atom. The molecule has 364 valence electrons. The number of nitrogens with zero attached hydrogens (tertiary/aromatic N) is 8. The Morgan fingerprint density at radius 1 is 0.244 bits per heavy atom. The van der Waals surface area contributed by atoms with Gasteiger partial charge in [0.25, 0.3) is 0 Å². The molecule has 0 unspecified atom stereocenters. The van der Waals surface area contributed by atoms with Crippen LogP contribution < -0.4 is 9.80 Å². The zero-order valence-electron chi connectivity index (χ0n) is 42.0. The van der Waals surface area contributed by atoms with E-state index in [-0.39, 0.29) is 0 Å². The molecule has 0 N–H and O–H groups in total. The molecule has 0 saturated heterocycles. The molecule has 0 bridgehead atoms. The van der Waals surface area contributed by atoms with E-state index in [0.29, 0.717) is 17.5 Å². The number of fused-ring (bicyclic) bond motifs is 11. The smallest absolute Gasteiger partial charge is 0.165 e. The first-order valence-corrected chi connectivity index (χ1v) is 26.3. The van der Waals surface area contributed by atoms with Crippen LogP contribution in [-0.4, -0.2) is 29.1 Å². The van der Waals surface area contributed by atoms with Crippen LogP contribution in [0.3, 0.4) is 0 Å². The van der Waals surface area contributed by atoms with Crippen molar-refractivity contribution in [1.29, 1.82) is 0 Å². The fourth-order valence-corrected chi connectivity index (χ4v) is 12.2. The van der Waals surface area contributed by atoms with Crippen molar-refractivity contribution in [3.05, 3.63) is 267 Å². The predicted octanol–water partition coefficient (Wildman–Crippen LogP) is 18.0. The molecule has 0 fully saturated rings. The van der Waals surface area contributed by atoms with Gasteiger partial charge >= 0.3 is 0 Å². The fraction of sp³-hybridized carbons (Fsp3) is 0. The van der Waals surface area contributed by atoms with Gasteiger partial charge in [0, 0.05) is 54.7 Å². The minimum absolute atomic E-state index is 0.624. The lowest BCUT2D eigenvalue weighted by atomic mass is 9.93.